The van der Waals surface area contributed by atoms with E-state index in [1.807, 2.05) is 0 Å². The summed E-state index contributed by atoms with van der Waals surface area (Å²) in [6.45, 7) is 14.4. The van der Waals surface area contributed by atoms with Crippen molar-refractivity contribution in [3.8, 4) is 0 Å². The van der Waals surface area contributed by atoms with Gasteiger partial charge in [-0.2, -0.15) is 5.10 Å². The largest absolute Gasteiger partial charge is 0.314 e. The lowest BCUT2D eigenvalue weighted by atomic mass is 10.0. The Morgan fingerprint density at radius 3 is 2.85 bits per heavy atom. The van der Waals surface area contributed by atoms with E-state index in [9.17, 15) is 0 Å². The molecule has 114 valence electrons. The number of nitrogens with zero attached hydrogens (tertiary/aromatic N) is 3. The zero-order chi connectivity index (χ0) is 14.5. The minimum absolute atomic E-state index is 0.661. The van der Waals surface area contributed by atoms with Gasteiger partial charge in [0.1, 0.15) is 0 Å². The molecule has 0 aliphatic carbocycles. The molecule has 0 spiro atoms. The van der Waals surface area contributed by atoms with E-state index in [0.717, 1.165) is 45.1 Å². The Hall–Kier alpha value is -0.870. The van der Waals surface area contributed by atoms with E-state index in [1.165, 1.54) is 17.8 Å². The van der Waals surface area contributed by atoms with Gasteiger partial charge < -0.3 is 5.32 Å². The Morgan fingerprint density at radius 2 is 2.20 bits per heavy atom. The van der Waals surface area contributed by atoms with Crippen molar-refractivity contribution >= 4 is 0 Å². The second kappa shape index (κ2) is 7.23. The molecule has 0 amide bonds. The van der Waals surface area contributed by atoms with Crippen molar-refractivity contribution in [1.82, 2.24) is 20.0 Å². The van der Waals surface area contributed by atoms with E-state index in [2.05, 4.69) is 53.8 Å². The Labute approximate surface area is 123 Å². The number of rotatable bonds is 6. The van der Waals surface area contributed by atoms with Crippen LogP contribution in [0, 0.1) is 5.92 Å². The van der Waals surface area contributed by atoms with Gasteiger partial charge >= 0.3 is 0 Å². The van der Waals surface area contributed by atoms with Gasteiger partial charge in [0, 0.05) is 38.8 Å². The first-order valence-electron chi connectivity index (χ1n) is 8.14. The van der Waals surface area contributed by atoms with Gasteiger partial charge in [-0.05, 0) is 31.7 Å². The number of hydrogen-bond acceptors (Lipinski definition) is 3. The molecule has 2 rings (SSSR count). The highest BCUT2D eigenvalue weighted by Crippen LogP contribution is 2.17. The predicted molar refractivity (Wildman–Crippen MR) is 83.8 cm³/mol. The van der Waals surface area contributed by atoms with Crippen LogP contribution in [0.1, 0.15) is 45.5 Å². The number of aryl methyl sites for hydroxylation is 2. The van der Waals surface area contributed by atoms with Crippen molar-refractivity contribution in [1.29, 1.82) is 0 Å². The topological polar surface area (TPSA) is 33.1 Å². The van der Waals surface area contributed by atoms with Gasteiger partial charge in [-0.15, -0.1) is 0 Å². The molecule has 1 fully saturated rings. The lowest BCUT2D eigenvalue weighted by Crippen LogP contribution is -2.51. The summed E-state index contributed by atoms with van der Waals surface area (Å²) in [6.07, 6.45) is 2.30. The van der Waals surface area contributed by atoms with Crippen LogP contribution in [0.5, 0.6) is 0 Å². The van der Waals surface area contributed by atoms with Crippen LogP contribution in [0.2, 0.25) is 0 Å². The quantitative estimate of drug-likeness (QED) is 0.866. The fourth-order valence-corrected chi connectivity index (χ4v) is 3.08. The summed E-state index contributed by atoms with van der Waals surface area (Å²) in [7, 11) is 0. The molecular formula is C16H30N4. The van der Waals surface area contributed by atoms with Crippen LogP contribution in [-0.2, 0) is 19.5 Å². The molecule has 1 unspecified atom stereocenters. The highest BCUT2D eigenvalue weighted by Gasteiger charge is 2.24. The highest BCUT2D eigenvalue weighted by molar-refractivity contribution is 5.11. The zero-order valence-corrected chi connectivity index (χ0v) is 13.5. The van der Waals surface area contributed by atoms with Gasteiger partial charge in [-0.1, -0.05) is 20.8 Å². The average Bonchev–Trinajstić information content (AvgIpc) is 2.82. The first-order valence-corrected chi connectivity index (χ1v) is 8.14. The third-order valence-electron chi connectivity index (χ3n) is 4.16. The molecule has 20 heavy (non-hydrogen) atoms. The van der Waals surface area contributed by atoms with E-state index in [1.54, 1.807) is 0 Å². The van der Waals surface area contributed by atoms with Crippen LogP contribution in [-0.4, -0.2) is 40.4 Å². The fraction of sp³-hybridized carbons (Fsp3) is 0.812. The van der Waals surface area contributed by atoms with Gasteiger partial charge in [0.2, 0.25) is 0 Å². The summed E-state index contributed by atoms with van der Waals surface area (Å²) in [6, 6.07) is 2.95. The molecule has 1 saturated heterocycles. The monoisotopic (exact) mass is 278 g/mol. The molecule has 1 atom stereocenters. The Balaban J connectivity index is 2.07. The zero-order valence-electron chi connectivity index (χ0n) is 13.5. The van der Waals surface area contributed by atoms with Gasteiger partial charge in [0.05, 0.1) is 11.4 Å². The van der Waals surface area contributed by atoms with Gasteiger partial charge in [-0.3, -0.25) is 9.58 Å². The normalized spacial score (nSPS) is 20.8. The molecule has 1 aromatic rings. The second-order valence-electron chi connectivity index (χ2n) is 6.25. The van der Waals surface area contributed by atoms with Crippen molar-refractivity contribution < 1.29 is 0 Å². The first-order chi connectivity index (χ1) is 9.63. The van der Waals surface area contributed by atoms with E-state index < -0.39 is 0 Å². The van der Waals surface area contributed by atoms with Crippen LogP contribution in [0.3, 0.4) is 0 Å². The summed E-state index contributed by atoms with van der Waals surface area (Å²) in [5.74, 6) is 0.754. The van der Waals surface area contributed by atoms with Gasteiger partial charge in [0.25, 0.3) is 0 Å². The maximum atomic E-state index is 4.67. The predicted octanol–water partition coefficient (Wildman–Crippen LogP) is 2.29. The van der Waals surface area contributed by atoms with Crippen LogP contribution < -0.4 is 5.32 Å². The molecule has 1 aliphatic heterocycles. The fourth-order valence-electron chi connectivity index (χ4n) is 3.08. The van der Waals surface area contributed by atoms with Crippen molar-refractivity contribution in [3.05, 3.63) is 17.5 Å². The number of hydrogen-bond donors (Lipinski definition) is 1. The van der Waals surface area contributed by atoms with Gasteiger partial charge in [-0.25, -0.2) is 0 Å². The van der Waals surface area contributed by atoms with Crippen molar-refractivity contribution in [2.24, 2.45) is 5.92 Å². The minimum atomic E-state index is 0.661. The summed E-state index contributed by atoms with van der Waals surface area (Å²) < 4.78 is 2.17. The van der Waals surface area contributed by atoms with Crippen molar-refractivity contribution in [2.75, 3.05) is 19.6 Å². The molecule has 0 radical (unpaired) electrons. The summed E-state index contributed by atoms with van der Waals surface area (Å²) in [5.41, 5.74) is 2.59. The van der Waals surface area contributed by atoms with Gasteiger partial charge in [0.15, 0.2) is 0 Å². The molecule has 0 bridgehead atoms. The van der Waals surface area contributed by atoms with Crippen LogP contribution >= 0.6 is 0 Å². The molecule has 4 nitrogen and oxygen atoms in total. The van der Waals surface area contributed by atoms with E-state index in [0.29, 0.717) is 6.04 Å². The second-order valence-corrected chi connectivity index (χ2v) is 6.25. The third-order valence-corrected chi connectivity index (χ3v) is 4.16. The van der Waals surface area contributed by atoms with E-state index in [4.69, 9.17) is 0 Å². The number of nitrogens with one attached hydrogen (secondary N) is 1. The summed E-state index contributed by atoms with van der Waals surface area (Å²) in [5, 5.41) is 8.21. The SMILES string of the molecule is CCc1cc(CN2CCNCC2CC(C)C)n(CC)n1. The molecule has 1 aliphatic rings. The molecule has 1 N–H and O–H groups in total. The smallest absolute Gasteiger partial charge is 0.0625 e. The van der Waals surface area contributed by atoms with Crippen molar-refractivity contribution in [2.45, 2.75) is 59.7 Å². The molecule has 1 aromatic heterocycles. The Morgan fingerprint density at radius 1 is 1.40 bits per heavy atom. The standard InChI is InChI=1S/C16H30N4/c1-5-14-10-16(20(6-2)18-14)12-19-8-7-17-11-15(19)9-13(3)4/h10,13,15,17H,5-9,11-12H2,1-4H3. The number of piperazine rings is 1. The first kappa shape index (κ1) is 15.5. The van der Waals surface area contributed by atoms with E-state index in [-0.39, 0.29) is 0 Å². The molecule has 0 saturated carbocycles. The maximum absolute atomic E-state index is 4.67. The van der Waals surface area contributed by atoms with Crippen molar-refractivity contribution in [3.63, 3.8) is 0 Å². The third kappa shape index (κ3) is 3.83. The maximum Gasteiger partial charge on any atom is 0.0625 e. The van der Waals surface area contributed by atoms with Crippen LogP contribution in [0.15, 0.2) is 6.07 Å². The molecular weight excluding hydrogens is 248 g/mol. The average molecular weight is 278 g/mol. The molecule has 2 heterocycles. The molecule has 4 heteroatoms. The lowest BCUT2D eigenvalue weighted by Gasteiger charge is -2.37. The minimum Gasteiger partial charge on any atom is -0.314 e. The summed E-state index contributed by atoms with van der Waals surface area (Å²) in [4.78, 5) is 2.64. The lowest BCUT2D eigenvalue weighted by molar-refractivity contribution is 0.130. The Kier molecular flexibility index (Phi) is 5.61. The van der Waals surface area contributed by atoms with E-state index >= 15 is 0 Å². The molecule has 0 aromatic carbocycles. The highest BCUT2D eigenvalue weighted by atomic mass is 15.3. The van der Waals surface area contributed by atoms with Crippen LogP contribution in [0.25, 0.3) is 0 Å². The number of aromatic nitrogens is 2. The Bertz CT molecular complexity index is 411. The summed E-state index contributed by atoms with van der Waals surface area (Å²) >= 11 is 0. The van der Waals surface area contributed by atoms with Crippen LogP contribution in [0.4, 0.5) is 0 Å².